The molecule has 0 aliphatic carbocycles. The Bertz CT molecular complexity index is 1710. The first kappa shape index (κ1) is 26.6. The predicted octanol–water partition coefficient (Wildman–Crippen LogP) is 4.43. The fourth-order valence-corrected chi connectivity index (χ4v) is 6.60. The number of hydrogen-bond donors (Lipinski definition) is 1. The molecule has 0 spiro atoms. The van der Waals surface area contributed by atoms with Gasteiger partial charge in [0.1, 0.15) is 16.3 Å². The van der Waals surface area contributed by atoms with Crippen LogP contribution in [0.4, 0.5) is 5.69 Å². The first-order valence-corrected chi connectivity index (χ1v) is 14.4. The van der Waals surface area contributed by atoms with Gasteiger partial charge in [-0.25, -0.2) is 9.79 Å². The predicted molar refractivity (Wildman–Crippen MR) is 152 cm³/mol. The van der Waals surface area contributed by atoms with Crippen LogP contribution in [-0.4, -0.2) is 30.2 Å². The summed E-state index contributed by atoms with van der Waals surface area (Å²) in [5.41, 5.74) is 2.56. The van der Waals surface area contributed by atoms with Crippen molar-refractivity contribution in [3.8, 4) is 5.75 Å². The molecule has 3 heterocycles. The van der Waals surface area contributed by atoms with Crippen LogP contribution in [0.15, 0.2) is 66.4 Å². The SMILES string of the molecule is CCCC1=C(C(=O)OCC)[C@H](c2cc(Br)ccc2OC)n2c(s/c(=C3/C(=O)Nc4ccc(Br)cc43)c2=O)=N1. The molecular formula is C27H23Br2N3O5S. The lowest BCUT2D eigenvalue weighted by molar-refractivity contribution is -0.139. The number of halogens is 2. The van der Waals surface area contributed by atoms with Crippen molar-refractivity contribution < 1.29 is 19.1 Å². The lowest BCUT2D eigenvalue weighted by Gasteiger charge is -2.27. The van der Waals surface area contributed by atoms with Crippen LogP contribution < -0.4 is 24.9 Å². The van der Waals surface area contributed by atoms with Crippen molar-refractivity contribution in [2.75, 3.05) is 19.0 Å². The molecule has 0 fully saturated rings. The molecule has 1 N–H and O–H groups in total. The number of carbonyl (C=O) groups excluding carboxylic acids is 2. The molecule has 0 saturated heterocycles. The van der Waals surface area contributed by atoms with Crippen LogP contribution in [0.5, 0.6) is 5.75 Å². The standard InChI is InChI=1S/C27H23Br2N3O5S/c1-4-6-18-21(26(35)37-5-2)22(16-12-14(29)8-10-19(16)36-3)32-25(34)23(38-27(32)31-18)20-15-11-13(28)7-9-17(15)30-24(20)33/h7-12,22H,4-6H2,1-3H3,(H,30,33)/b23-20+/t22-/m0/s1. The van der Waals surface area contributed by atoms with Crippen molar-refractivity contribution >= 4 is 66.3 Å². The van der Waals surface area contributed by atoms with Crippen LogP contribution in [0.25, 0.3) is 5.57 Å². The summed E-state index contributed by atoms with van der Waals surface area (Å²) in [5.74, 6) is -0.403. The molecule has 38 heavy (non-hydrogen) atoms. The van der Waals surface area contributed by atoms with Crippen molar-refractivity contribution in [1.29, 1.82) is 0 Å². The number of ether oxygens (including phenoxy) is 2. The number of benzene rings is 2. The molecular weight excluding hydrogens is 638 g/mol. The highest BCUT2D eigenvalue weighted by molar-refractivity contribution is 9.10. The van der Waals surface area contributed by atoms with Crippen LogP contribution in [0.3, 0.4) is 0 Å². The molecule has 1 aromatic heterocycles. The Morgan fingerprint density at radius 3 is 2.58 bits per heavy atom. The third-order valence-corrected chi connectivity index (χ3v) is 8.35. The van der Waals surface area contributed by atoms with Gasteiger partial charge in [0.25, 0.3) is 11.5 Å². The molecule has 11 heteroatoms. The van der Waals surface area contributed by atoms with Gasteiger partial charge in [0.15, 0.2) is 4.80 Å². The molecule has 0 radical (unpaired) electrons. The smallest absolute Gasteiger partial charge is 0.338 e. The summed E-state index contributed by atoms with van der Waals surface area (Å²) in [4.78, 5) is 45.8. The normalized spacial score (nSPS) is 17.5. The topological polar surface area (TPSA) is 99.0 Å². The zero-order valence-corrected chi connectivity index (χ0v) is 24.8. The number of allylic oxidation sites excluding steroid dienone is 1. The maximum absolute atomic E-state index is 14.2. The average molecular weight is 661 g/mol. The van der Waals surface area contributed by atoms with Crippen LogP contribution in [0.1, 0.15) is 43.9 Å². The second-order valence-electron chi connectivity index (χ2n) is 8.64. The molecule has 2 aromatic carbocycles. The highest BCUT2D eigenvalue weighted by Gasteiger charge is 2.37. The largest absolute Gasteiger partial charge is 0.496 e. The number of rotatable bonds is 6. The summed E-state index contributed by atoms with van der Waals surface area (Å²) in [7, 11) is 1.54. The van der Waals surface area contributed by atoms with Crippen LogP contribution in [0, 0.1) is 0 Å². The molecule has 1 amide bonds. The number of methoxy groups -OCH3 is 1. The van der Waals surface area contributed by atoms with E-state index in [2.05, 4.69) is 37.2 Å². The minimum absolute atomic E-state index is 0.171. The Balaban J connectivity index is 1.89. The summed E-state index contributed by atoms with van der Waals surface area (Å²) in [5, 5.41) is 2.84. The lowest BCUT2D eigenvalue weighted by Crippen LogP contribution is -2.41. The fraction of sp³-hybridized carbons (Fsp3) is 0.259. The van der Waals surface area contributed by atoms with E-state index < -0.39 is 17.6 Å². The number of hydrogen-bond acceptors (Lipinski definition) is 7. The van der Waals surface area contributed by atoms with Gasteiger partial charge in [-0.05, 0) is 49.7 Å². The van der Waals surface area contributed by atoms with E-state index in [4.69, 9.17) is 14.5 Å². The monoisotopic (exact) mass is 659 g/mol. The second-order valence-corrected chi connectivity index (χ2v) is 11.4. The molecule has 1 atom stereocenters. The van der Waals surface area contributed by atoms with Crippen LogP contribution in [0.2, 0.25) is 0 Å². The van der Waals surface area contributed by atoms with Gasteiger partial charge in [0.05, 0.1) is 30.6 Å². The van der Waals surface area contributed by atoms with Gasteiger partial charge in [-0.1, -0.05) is 56.5 Å². The van der Waals surface area contributed by atoms with E-state index in [1.807, 2.05) is 31.2 Å². The van der Waals surface area contributed by atoms with Gasteiger partial charge in [-0.3, -0.25) is 14.2 Å². The van der Waals surface area contributed by atoms with E-state index in [1.165, 1.54) is 11.7 Å². The van der Waals surface area contributed by atoms with Crippen molar-refractivity contribution in [1.82, 2.24) is 4.57 Å². The van der Waals surface area contributed by atoms with Crippen LogP contribution >= 0.6 is 43.2 Å². The second kappa shape index (κ2) is 10.6. The van der Waals surface area contributed by atoms with E-state index in [0.717, 1.165) is 26.7 Å². The zero-order valence-electron chi connectivity index (χ0n) is 20.8. The Kier molecular flexibility index (Phi) is 7.43. The lowest BCUT2D eigenvalue weighted by atomic mass is 9.93. The van der Waals surface area contributed by atoms with E-state index in [1.54, 1.807) is 19.1 Å². The quantitative estimate of drug-likeness (QED) is 0.395. The maximum Gasteiger partial charge on any atom is 0.338 e. The molecule has 5 rings (SSSR count). The summed E-state index contributed by atoms with van der Waals surface area (Å²) in [6, 6.07) is 9.99. The Labute approximate surface area is 238 Å². The highest BCUT2D eigenvalue weighted by Crippen LogP contribution is 2.38. The molecule has 196 valence electrons. The van der Waals surface area contributed by atoms with Gasteiger partial charge >= 0.3 is 5.97 Å². The van der Waals surface area contributed by atoms with E-state index in [0.29, 0.717) is 39.5 Å². The minimum Gasteiger partial charge on any atom is -0.496 e. The zero-order chi connectivity index (χ0) is 27.1. The van der Waals surface area contributed by atoms with Crippen LogP contribution in [-0.2, 0) is 14.3 Å². The molecule has 0 unspecified atom stereocenters. The number of esters is 1. The number of thiazole rings is 1. The Morgan fingerprint density at radius 1 is 1.13 bits per heavy atom. The van der Waals surface area contributed by atoms with Crippen molar-refractivity contribution in [2.45, 2.75) is 32.7 Å². The molecule has 2 aliphatic rings. The number of amides is 1. The van der Waals surface area contributed by atoms with Gasteiger partial charge in [0, 0.05) is 25.8 Å². The van der Waals surface area contributed by atoms with E-state index in [-0.39, 0.29) is 28.2 Å². The van der Waals surface area contributed by atoms with E-state index in [9.17, 15) is 14.4 Å². The van der Waals surface area contributed by atoms with Gasteiger partial charge in [0.2, 0.25) is 0 Å². The molecule has 0 saturated carbocycles. The number of carbonyl (C=O) groups is 2. The van der Waals surface area contributed by atoms with Gasteiger partial charge in [-0.15, -0.1) is 0 Å². The summed E-state index contributed by atoms with van der Waals surface area (Å²) < 4.78 is 14.4. The van der Waals surface area contributed by atoms with E-state index >= 15 is 0 Å². The summed E-state index contributed by atoms with van der Waals surface area (Å²) in [6.07, 6.45) is 1.24. The fourth-order valence-electron chi connectivity index (χ4n) is 4.75. The first-order valence-electron chi connectivity index (χ1n) is 12.0. The van der Waals surface area contributed by atoms with Gasteiger partial charge in [-0.2, -0.15) is 0 Å². The molecule has 0 bridgehead atoms. The summed E-state index contributed by atoms with van der Waals surface area (Å²) >= 11 is 8.11. The highest BCUT2D eigenvalue weighted by atomic mass is 79.9. The Morgan fingerprint density at radius 2 is 1.87 bits per heavy atom. The molecule has 2 aliphatic heterocycles. The summed E-state index contributed by atoms with van der Waals surface area (Å²) in [6.45, 7) is 3.90. The molecule has 3 aromatic rings. The third-order valence-electron chi connectivity index (χ3n) is 6.31. The van der Waals surface area contributed by atoms with Crippen molar-refractivity contribution in [3.63, 3.8) is 0 Å². The average Bonchev–Trinajstić information content (AvgIpc) is 3.38. The number of nitrogens with one attached hydrogen (secondary N) is 1. The van der Waals surface area contributed by atoms with Gasteiger partial charge < -0.3 is 14.8 Å². The Hall–Kier alpha value is -3.02. The molecule has 8 nitrogen and oxygen atoms in total. The number of anilines is 1. The number of nitrogens with zero attached hydrogens (tertiary/aromatic N) is 2. The van der Waals surface area contributed by atoms with Crippen molar-refractivity contribution in [2.24, 2.45) is 4.99 Å². The minimum atomic E-state index is -0.861. The third kappa shape index (κ3) is 4.46. The maximum atomic E-state index is 14.2. The van der Waals surface area contributed by atoms with Crippen molar-refractivity contribution in [3.05, 3.63) is 87.4 Å². The first-order chi connectivity index (χ1) is 18.3. The number of aromatic nitrogens is 1. The number of fused-ring (bicyclic) bond motifs is 2.